The number of benzene rings is 1. The van der Waals surface area contributed by atoms with Gasteiger partial charge in [0.15, 0.2) is 5.03 Å². The Kier molecular flexibility index (Phi) is 5.80. The van der Waals surface area contributed by atoms with Gasteiger partial charge in [0.1, 0.15) is 24.0 Å². The van der Waals surface area contributed by atoms with Crippen molar-refractivity contribution in [3.63, 3.8) is 0 Å². The van der Waals surface area contributed by atoms with Gasteiger partial charge in [-0.1, -0.05) is 13.8 Å². The summed E-state index contributed by atoms with van der Waals surface area (Å²) in [6.07, 6.45) is 0.229. The molecule has 2 rings (SSSR count). The van der Waals surface area contributed by atoms with E-state index in [9.17, 15) is 22.0 Å². The van der Waals surface area contributed by atoms with Crippen molar-refractivity contribution in [1.29, 1.82) is 0 Å². The molecule has 0 saturated carbocycles. The molecule has 0 saturated heterocycles. The highest BCUT2D eigenvalue weighted by Gasteiger charge is 2.29. The molecule has 0 radical (unpaired) electrons. The summed E-state index contributed by atoms with van der Waals surface area (Å²) in [7, 11) is -4.47. The lowest BCUT2D eigenvalue weighted by molar-refractivity contribution is 0.151. The summed E-state index contributed by atoms with van der Waals surface area (Å²) in [6, 6.07) is 2.07. The van der Waals surface area contributed by atoms with Crippen LogP contribution < -0.4 is 9.92 Å². The fraction of sp³-hybridized carbons (Fsp3) is 0.333. The first kappa shape index (κ1) is 19.6. The van der Waals surface area contributed by atoms with E-state index in [1.54, 1.807) is 13.8 Å². The Morgan fingerprint density at radius 2 is 1.88 bits per heavy atom. The third-order valence-corrected chi connectivity index (χ3v) is 4.55. The maximum atomic E-state index is 13.3. The van der Waals surface area contributed by atoms with Gasteiger partial charge in [-0.25, -0.2) is 18.6 Å². The van der Waals surface area contributed by atoms with Crippen LogP contribution in [0.5, 0.6) is 5.75 Å². The van der Waals surface area contributed by atoms with E-state index < -0.39 is 33.6 Å². The lowest BCUT2D eigenvalue weighted by Crippen LogP contribution is -2.21. The Balaban J connectivity index is 2.39. The van der Waals surface area contributed by atoms with E-state index in [4.69, 9.17) is 9.92 Å². The first-order chi connectivity index (χ1) is 12.1. The molecule has 2 aromatic rings. The highest BCUT2D eigenvalue weighted by molar-refractivity contribution is 7.87. The molecule has 0 fully saturated rings. The van der Waals surface area contributed by atoms with Crippen LogP contribution in [0.2, 0.25) is 0 Å². The standard InChI is InChI=1S/C15H17F2N3O5S/c1-9(2)13-14(20(8-19-13)3-4-24-15(18)21)26(22,23)25-12-6-10(16)5-11(17)7-12/h5-9H,3-4H2,1-2H3,(H2,18,21). The van der Waals surface area contributed by atoms with Gasteiger partial charge in [-0.15, -0.1) is 0 Å². The first-order valence-corrected chi connectivity index (χ1v) is 8.89. The summed E-state index contributed by atoms with van der Waals surface area (Å²) in [5, 5.41) is -0.301. The number of carbonyl (C=O) groups is 1. The van der Waals surface area contributed by atoms with Gasteiger partial charge in [-0.05, 0) is 5.92 Å². The fourth-order valence-corrected chi connectivity index (χ4v) is 3.60. The van der Waals surface area contributed by atoms with Gasteiger partial charge in [0.05, 0.1) is 18.6 Å². The van der Waals surface area contributed by atoms with Crippen LogP contribution in [-0.4, -0.2) is 30.7 Å². The molecule has 26 heavy (non-hydrogen) atoms. The van der Waals surface area contributed by atoms with Crippen LogP contribution in [0.15, 0.2) is 29.6 Å². The first-order valence-electron chi connectivity index (χ1n) is 7.48. The van der Waals surface area contributed by atoms with Crippen molar-refractivity contribution in [2.75, 3.05) is 6.61 Å². The summed E-state index contributed by atoms with van der Waals surface area (Å²) in [5.74, 6) is -2.77. The molecule has 8 nitrogen and oxygen atoms in total. The fourth-order valence-electron chi connectivity index (χ4n) is 2.20. The second kappa shape index (κ2) is 7.68. The van der Waals surface area contributed by atoms with E-state index in [1.807, 2.05) is 0 Å². The average molecular weight is 389 g/mol. The lowest BCUT2D eigenvalue weighted by Gasteiger charge is -2.13. The van der Waals surface area contributed by atoms with E-state index in [0.29, 0.717) is 6.07 Å². The number of ether oxygens (including phenoxy) is 1. The highest BCUT2D eigenvalue weighted by atomic mass is 32.2. The molecule has 1 heterocycles. The third-order valence-electron chi connectivity index (χ3n) is 3.22. The molecule has 1 amide bonds. The number of nitrogens with zero attached hydrogens (tertiary/aromatic N) is 2. The molecular formula is C15H17F2N3O5S. The highest BCUT2D eigenvalue weighted by Crippen LogP contribution is 2.26. The molecule has 0 spiro atoms. The largest absolute Gasteiger partial charge is 0.448 e. The number of primary amides is 1. The van der Waals surface area contributed by atoms with E-state index in [2.05, 4.69) is 9.72 Å². The molecule has 0 unspecified atom stereocenters. The Morgan fingerprint density at radius 1 is 1.27 bits per heavy atom. The van der Waals surface area contributed by atoms with Crippen molar-refractivity contribution in [1.82, 2.24) is 9.55 Å². The molecule has 0 atom stereocenters. The number of rotatable bonds is 7. The number of carbonyl (C=O) groups excluding carboxylic acids is 1. The molecule has 0 aliphatic heterocycles. The predicted molar refractivity (Wildman–Crippen MR) is 86.0 cm³/mol. The van der Waals surface area contributed by atoms with Crippen molar-refractivity contribution in [2.24, 2.45) is 5.73 Å². The van der Waals surface area contributed by atoms with Crippen molar-refractivity contribution in [3.05, 3.63) is 41.9 Å². The molecule has 1 aromatic heterocycles. The molecular weight excluding hydrogens is 372 g/mol. The lowest BCUT2D eigenvalue weighted by atomic mass is 10.2. The van der Waals surface area contributed by atoms with Crippen molar-refractivity contribution in [3.8, 4) is 5.75 Å². The number of halogens is 2. The molecule has 1 aromatic carbocycles. The summed E-state index contributed by atoms with van der Waals surface area (Å²) in [6.45, 7) is 3.18. The van der Waals surface area contributed by atoms with Gasteiger partial charge >= 0.3 is 16.2 Å². The second-order valence-electron chi connectivity index (χ2n) is 5.59. The third kappa shape index (κ3) is 4.69. The van der Waals surface area contributed by atoms with Crippen LogP contribution in [0.4, 0.5) is 13.6 Å². The maximum Gasteiger partial charge on any atom is 0.404 e. The minimum absolute atomic E-state index is 0.0574. The zero-order valence-corrected chi connectivity index (χ0v) is 14.8. The smallest absolute Gasteiger partial charge is 0.404 e. The van der Waals surface area contributed by atoms with E-state index in [-0.39, 0.29) is 29.8 Å². The minimum Gasteiger partial charge on any atom is -0.448 e. The Labute approximate surface area is 148 Å². The Hall–Kier alpha value is -2.69. The summed E-state index contributed by atoms with van der Waals surface area (Å²) < 4.78 is 62.6. The summed E-state index contributed by atoms with van der Waals surface area (Å²) >= 11 is 0. The number of imidazole rings is 1. The van der Waals surface area contributed by atoms with Crippen LogP contribution >= 0.6 is 0 Å². The normalized spacial score (nSPS) is 11.6. The van der Waals surface area contributed by atoms with Gasteiger partial charge < -0.3 is 19.2 Å². The predicted octanol–water partition coefficient (Wildman–Crippen LogP) is 2.15. The van der Waals surface area contributed by atoms with Crippen LogP contribution in [0.3, 0.4) is 0 Å². The van der Waals surface area contributed by atoms with Gasteiger partial charge in [-0.3, -0.25) is 0 Å². The van der Waals surface area contributed by atoms with Crippen molar-refractivity contribution in [2.45, 2.75) is 31.3 Å². The van der Waals surface area contributed by atoms with Crippen LogP contribution in [-0.2, 0) is 21.4 Å². The molecule has 0 bridgehead atoms. The quantitative estimate of drug-likeness (QED) is 0.726. The number of hydrogen-bond donors (Lipinski definition) is 1. The average Bonchev–Trinajstić information content (AvgIpc) is 2.90. The van der Waals surface area contributed by atoms with Crippen LogP contribution in [0, 0.1) is 11.6 Å². The van der Waals surface area contributed by atoms with Gasteiger partial charge in [0.2, 0.25) is 0 Å². The van der Waals surface area contributed by atoms with E-state index >= 15 is 0 Å². The van der Waals surface area contributed by atoms with Gasteiger partial charge in [-0.2, -0.15) is 8.42 Å². The molecule has 0 aliphatic rings. The molecule has 11 heteroatoms. The van der Waals surface area contributed by atoms with E-state index in [0.717, 1.165) is 12.1 Å². The monoisotopic (exact) mass is 389 g/mol. The molecule has 2 N–H and O–H groups in total. The number of aromatic nitrogens is 2. The van der Waals surface area contributed by atoms with Crippen molar-refractivity contribution >= 4 is 16.2 Å². The van der Waals surface area contributed by atoms with Gasteiger partial charge in [0, 0.05) is 18.2 Å². The Morgan fingerprint density at radius 3 is 2.42 bits per heavy atom. The summed E-state index contributed by atoms with van der Waals surface area (Å²) in [4.78, 5) is 14.7. The zero-order valence-electron chi connectivity index (χ0n) is 14.0. The molecule has 0 aliphatic carbocycles. The Bertz CT molecular complexity index is 892. The van der Waals surface area contributed by atoms with Crippen LogP contribution in [0.25, 0.3) is 0 Å². The maximum absolute atomic E-state index is 13.3. The SMILES string of the molecule is CC(C)c1ncn(CCOC(N)=O)c1S(=O)(=O)Oc1cc(F)cc(F)c1. The second-order valence-corrected chi connectivity index (χ2v) is 7.05. The number of hydrogen-bond acceptors (Lipinski definition) is 6. The summed E-state index contributed by atoms with van der Waals surface area (Å²) in [5.41, 5.74) is 5.06. The topological polar surface area (TPSA) is 114 Å². The zero-order chi connectivity index (χ0) is 19.5. The van der Waals surface area contributed by atoms with Crippen molar-refractivity contribution < 1.29 is 30.9 Å². The van der Waals surface area contributed by atoms with Crippen LogP contribution in [0.1, 0.15) is 25.5 Å². The van der Waals surface area contributed by atoms with E-state index in [1.165, 1.54) is 10.9 Å². The number of amides is 1. The number of nitrogens with two attached hydrogens (primary N) is 1. The molecule has 142 valence electrons. The minimum atomic E-state index is -4.47. The van der Waals surface area contributed by atoms with Gasteiger partial charge in [0.25, 0.3) is 0 Å².